The highest BCUT2D eigenvalue weighted by molar-refractivity contribution is 5.90. The minimum Gasteiger partial charge on any atom is -0.375 e. The Balaban J connectivity index is 1.44. The van der Waals surface area contributed by atoms with Crippen LogP contribution in [0.25, 0.3) is 0 Å². The minimum absolute atomic E-state index is 0.0472. The smallest absolute Gasteiger partial charge is 0.245 e. The molecule has 4 rings (SSSR count). The van der Waals surface area contributed by atoms with Crippen LogP contribution in [0, 0.1) is 0 Å². The van der Waals surface area contributed by atoms with E-state index in [2.05, 4.69) is 18.7 Å². The zero-order valence-corrected chi connectivity index (χ0v) is 17.9. The summed E-state index contributed by atoms with van der Waals surface area (Å²) in [5.74, 6) is 0.174. The number of nitrogens with zero attached hydrogens (tertiary/aromatic N) is 2. The van der Waals surface area contributed by atoms with Gasteiger partial charge in [0.05, 0.1) is 17.6 Å². The van der Waals surface area contributed by atoms with Gasteiger partial charge in [-0.05, 0) is 50.2 Å². The quantitative estimate of drug-likeness (QED) is 0.696. The summed E-state index contributed by atoms with van der Waals surface area (Å²) < 4.78 is 6.30. The molecule has 0 unspecified atom stereocenters. The van der Waals surface area contributed by atoms with Gasteiger partial charge in [0.1, 0.15) is 0 Å². The first-order chi connectivity index (χ1) is 14.6. The van der Waals surface area contributed by atoms with Crippen molar-refractivity contribution in [1.82, 2.24) is 9.80 Å². The van der Waals surface area contributed by atoms with Gasteiger partial charge < -0.3 is 14.5 Å². The Morgan fingerprint density at radius 1 is 0.900 bits per heavy atom. The fourth-order valence-corrected chi connectivity index (χ4v) is 5.42. The van der Waals surface area contributed by atoms with E-state index in [1.807, 2.05) is 28.0 Å². The molecule has 0 atom stereocenters. The van der Waals surface area contributed by atoms with Crippen LogP contribution in [0.3, 0.4) is 0 Å². The first-order valence-corrected chi connectivity index (χ1v) is 11.5. The molecule has 5 heteroatoms. The first kappa shape index (κ1) is 21.1. The van der Waals surface area contributed by atoms with Crippen molar-refractivity contribution in [3.63, 3.8) is 0 Å². The highest BCUT2D eigenvalue weighted by Crippen LogP contribution is 2.38. The molecule has 2 amide bonds. The van der Waals surface area contributed by atoms with Crippen LogP contribution in [0.5, 0.6) is 0 Å². The fourth-order valence-electron chi connectivity index (χ4n) is 5.42. The molecule has 0 N–H and O–H groups in total. The van der Waals surface area contributed by atoms with Crippen LogP contribution in [0.4, 0.5) is 0 Å². The van der Waals surface area contributed by atoms with E-state index in [1.165, 1.54) is 31.8 Å². The van der Waals surface area contributed by atoms with Crippen LogP contribution in [0.2, 0.25) is 0 Å². The molecular weight excluding hydrogens is 376 g/mol. The average molecular weight is 411 g/mol. The Morgan fingerprint density at radius 2 is 1.50 bits per heavy atom. The lowest BCUT2D eigenvalue weighted by Crippen LogP contribution is -2.55. The normalized spacial score (nSPS) is 22.8. The van der Waals surface area contributed by atoms with Crippen molar-refractivity contribution < 1.29 is 14.3 Å². The van der Waals surface area contributed by atoms with Crippen molar-refractivity contribution in [3.8, 4) is 0 Å². The Labute approximate surface area is 180 Å². The Kier molecular flexibility index (Phi) is 6.57. The molecule has 2 saturated heterocycles. The lowest BCUT2D eigenvalue weighted by molar-refractivity contribution is -0.144. The number of hydrogen-bond donors (Lipinski definition) is 0. The van der Waals surface area contributed by atoms with E-state index in [0.29, 0.717) is 32.0 Å². The topological polar surface area (TPSA) is 49.9 Å². The van der Waals surface area contributed by atoms with Gasteiger partial charge >= 0.3 is 0 Å². The van der Waals surface area contributed by atoms with Gasteiger partial charge in [-0.25, -0.2) is 0 Å². The summed E-state index contributed by atoms with van der Waals surface area (Å²) in [5.41, 5.74) is 0.531. The number of rotatable bonds is 5. The van der Waals surface area contributed by atoms with Crippen LogP contribution in [-0.4, -0.2) is 60.0 Å². The third-order valence-corrected chi connectivity index (χ3v) is 7.26. The number of piperidine rings is 2. The van der Waals surface area contributed by atoms with Gasteiger partial charge in [0.25, 0.3) is 0 Å². The summed E-state index contributed by atoms with van der Waals surface area (Å²) in [7, 11) is 0. The predicted octanol–water partition coefficient (Wildman–Crippen LogP) is 3.68. The maximum absolute atomic E-state index is 13.8. The lowest BCUT2D eigenvalue weighted by atomic mass is 9.71. The number of hydrogen-bond acceptors (Lipinski definition) is 3. The van der Waals surface area contributed by atoms with E-state index in [1.54, 1.807) is 0 Å². The SMILES string of the molecule is C=CC(=O)N1CCC(C(=O)N2CCC(OC3CCCC3)CC2)(c2ccccc2)CC1. The van der Waals surface area contributed by atoms with Crippen molar-refractivity contribution >= 4 is 11.8 Å². The molecule has 0 spiro atoms. The van der Waals surface area contributed by atoms with Gasteiger partial charge in [-0.15, -0.1) is 0 Å². The second-order valence-corrected chi connectivity index (χ2v) is 9.01. The van der Waals surface area contributed by atoms with Crippen molar-refractivity contribution in [1.29, 1.82) is 0 Å². The van der Waals surface area contributed by atoms with Crippen molar-refractivity contribution in [2.45, 2.75) is 69.0 Å². The molecule has 0 radical (unpaired) electrons. The van der Waals surface area contributed by atoms with E-state index in [4.69, 9.17) is 4.74 Å². The molecule has 2 heterocycles. The second kappa shape index (κ2) is 9.34. The highest BCUT2D eigenvalue weighted by atomic mass is 16.5. The maximum Gasteiger partial charge on any atom is 0.245 e. The summed E-state index contributed by atoms with van der Waals surface area (Å²) >= 11 is 0. The summed E-state index contributed by atoms with van der Waals surface area (Å²) in [6.45, 7) is 6.31. The van der Waals surface area contributed by atoms with Crippen molar-refractivity contribution in [2.75, 3.05) is 26.2 Å². The molecule has 1 aromatic carbocycles. The van der Waals surface area contributed by atoms with Gasteiger partial charge in [-0.3, -0.25) is 9.59 Å². The molecule has 1 saturated carbocycles. The zero-order chi connectivity index (χ0) is 21.0. The number of amides is 2. The number of carbonyl (C=O) groups excluding carboxylic acids is 2. The van der Waals surface area contributed by atoms with Gasteiger partial charge in [-0.1, -0.05) is 49.8 Å². The Bertz CT molecular complexity index is 741. The second-order valence-electron chi connectivity index (χ2n) is 9.01. The standard InChI is InChI=1S/C25H34N2O3/c1-2-23(28)26-18-14-25(15-19-26,20-8-4-3-5-9-20)24(29)27-16-12-22(13-17-27)30-21-10-6-7-11-21/h2-5,8-9,21-22H,1,6-7,10-19H2. The average Bonchev–Trinajstić information content (AvgIpc) is 3.32. The molecule has 1 aliphatic carbocycles. The van der Waals surface area contributed by atoms with Gasteiger partial charge in [-0.2, -0.15) is 0 Å². The summed E-state index contributed by atoms with van der Waals surface area (Å²) in [4.78, 5) is 29.8. The highest BCUT2D eigenvalue weighted by Gasteiger charge is 2.46. The third-order valence-electron chi connectivity index (χ3n) is 7.26. The summed E-state index contributed by atoms with van der Waals surface area (Å²) in [5, 5.41) is 0. The van der Waals surface area contributed by atoms with Crippen LogP contribution >= 0.6 is 0 Å². The van der Waals surface area contributed by atoms with Gasteiger partial charge in [0.2, 0.25) is 11.8 Å². The van der Waals surface area contributed by atoms with E-state index in [-0.39, 0.29) is 17.9 Å². The van der Waals surface area contributed by atoms with Gasteiger partial charge in [0, 0.05) is 26.2 Å². The van der Waals surface area contributed by atoms with E-state index >= 15 is 0 Å². The molecule has 2 aliphatic heterocycles. The molecule has 30 heavy (non-hydrogen) atoms. The molecule has 3 aliphatic rings. The number of benzene rings is 1. The molecule has 3 fully saturated rings. The predicted molar refractivity (Wildman–Crippen MR) is 117 cm³/mol. The number of likely N-dealkylation sites (tertiary alicyclic amines) is 2. The van der Waals surface area contributed by atoms with Crippen LogP contribution in [0.1, 0.15) is 56.9 Å². The lowest BCUT2D eigenvalue weighted by Gasteiger charge is -2.45. The molecular formula is C25H34N2O3. The summed E-state index contributed by atoms with van der Waals surface area (Å²) in [6, 6.07) is 10.1. The molecule has 0 bridgehead atoms. The maximum atomic E-state index is 13.8. The third kappa shape index (κ3) is 4.31. The number of carbonyl (C=O) groups is 2. The van der Waals surface area contributed by atoms with Crippen molar-refractivity contribution in [3.05, 3.63) is 48.6 Å². The Morgan fingerprint density at radius 3 is 2.10 bits per heavy atom. The van der Waals surface area contributed by atoms with Crippen LogP contribution in [-0.2, 0) is 19.7 Å². The monoisotopic (exact) mass is 410 g/mol. The Hall–Kier alpha value is -2.14. The van der Waals surface area contributed by atoms with Crippen LogP contribution in [0.15, 0.2) is 43.0 Å². The summed E-state index contributed by atoms with van der Waals surface area (Å²) in [6.07, 6.45) is 10.2. The molecule has 1 aromatic rings. The van der Waals surface area contributed by atoms with Gasteiger partial charge in [0.15, 0.2) is 0 Å². The fraction of sp³-hybridized carbons (Fsp3) is 0.600. The largest absolute Gasteiger partial charge is 0.375 e. The first-order valence-electron chi connectivity index (χ1n) is 11.5. The number of ether oxygens (including phenoxy) is 1. The minimum atomic E-state index is -0.543. The zero-order valence-electron chi connectivity index (χ0n) is 17.9. The molecule has 162 valence electrons. The van der Waals surface area contributed by atoms with E-state index < -0.39 is 5.41 Å². The van der Waals surface area contributed by atoms with E-state index in [0.717, 1.165) is 31.5 Å². The van der Waals surface area contributed by atoms with E-state index in [9.17, 15) is 9.59 Å². The molecule has 0 aromatic heterocycles. The molecule has 5 nitrogen and oxygen atoms in total. The van der Waals surface area contributed by atoms with Crippen molar-refractivity contribution in [2.24, 2.45) is 0 Å². The van der Waals surface area contributed by atoms with Crippen LogP contribution < -0.4 is 0 Å².